The molecule has 1 aromatic carbocycles. The van der Waals surface area contributed by atoms with Crippen molar-refractivity contribution in [3.63, 3.8) is 0 Å². The molecule has 0 spiro atoms. The fourth-order valence-corrected chi connectivity index (χ4v) is 2.14. The highest BCUT2D eigenvalue weighted by atomic mass is 16.4. The number of amides is 1. The monoisotopic (exact) mass is 322 g/mol. The number of hydrogen-bond acceptors (Lipinski definition) is 4. The van der Waals surface area contributed by atoms with Crippen molar-refractivity contribution in [2.24, 2.45) is 0 Å². The smallest absolute Gasteiger partial charge is 0.337 e. The Hall–Kier alpha value is -3.48. The minimum atomic E-state index is -1.06. The highest BCUT2D eigenvalue weighted by molar-refractivity contribution is 5.92. The third-order valence-corrected chi connectivity index (χ3v) is 3.30. The van der Waals surface area contributed by atoms with Crippen LogP contribution in [-0.2, 0) is 11.2 Å². The minimum absolute atomic E-state index is 0.0668. The van der Waals surface area contributed by atoms with Gasteiger partial charge in [0.15, 0.2) is 0 Å². The lowest BCUT2D eigenvalue weighted by atomic mass is 10.2. The van der Waals surface area contributed by atoms with Crippen molar-refractivity contribution in [2.45, 2.75) is 6.42 Å². The summed E-state index contributed by atoms with van der Waals surface area (Å²) in [4.78, 5) is 26.7. The van der Waals surface area contributed by atoms with Crippen molar-refractivity contribution in [3.8, 4) is 5.69 Å². The molecule has 2 N–H and O–H groups in total. The molecule has 1 amide bonds. The number of carboxylic acid groups (broad SMARTS) is 1. The number of para-hydroxylation sites is 1. The minimum Gasteiger partial charge on any atom is -0.478 e. The van der Waals surface area contributed by atoms with Crippen LogP contribution in [0.2, 0.25) is 0 Å². The molecule has 0 unspecified atom stereocenters. The van der Waals surface area contributed by atoms with Gasteiger partial charge in [0.25, 0.3) is 0 Å². The van der Waals surface area contributed by atoms with Crippen LogP contribution in [0.1, 0.15) is 15.9 Å². The van der Waals surface area contributed by atoms with Crippen LogP contribution < -0.4 is 5.32 Å². The largest absolute Gasteiger partial charge is 0.478 e. The van der Waals surface area contributed by atoms with Crippen molar-refractivity contribution in [3.05, 3.63) is 72.2 Å². The molecule has 0 radical (unpaired) electrons. The van der Waals surface area contributed by atoms with Crippen LogP contribution in [0.25, 0.3) is 5.69 Å². The van der Waals surface area contributed by atoms with Crippen LogP contribution in [0.15, 0.2) is 61.1 Å². The van der Waals surface area contributed by atoms with Crippen molar-refractivity contribution in [1.82, 2.24) is 14.8 Å². The number of aromatic carboxylic acids is 1. The molecule has 0 aliphatic rings. The van der Waals surface area contributed by atoms with Gasteiger partial charge in [0.2, 0.25) is 5.91 Å². The quantitative estimate of drug-likeness (QED) is 0.750. The summed E-state index contributed by atoms with van der Waals surface area (Å²) in [6, 6.07) is 12.4. The highest BCUT2D eigenvalue weighted by Crippen LogP contribution is 2.10. The maximum atomic E-state index is 12.0. The number of rotatable bonds is 5. The van der Waals surface area contributed by atoms with Crippen LogP contribution in [0.3, 0.4) is 0 Å². The molecule has 3 aromatic rings. The first-order chi connectivity index (χ1) is 11.6. The predicted molar refractivity (Wildman–Crippen MR) is 87.1 cm³/mol. The van der Waals surface area contributed by atoms with Crippen molar-refractivity contribution in [2.75, 3.05) is 5.32 Å². The molecule has 2 heterocycles. The van der Waals surface area contributed by atoms with Gasteiger partial charge in [-0.25, -0.2) is 14.5 Å². The summed E-state index contributed by atoms with van der Waals surface area (Å²) in [7, 11) is 0. The molecule has 7 heteroatoms. The fourth-order valence-electron chi connectivity index (χ4n) is 2.14. The number of nitrogens with zero attached hydrogens (tertiary/aromatic N) is 3. The lowest BCUT2D eigenvalue weighted by Gasteiger charge is -2.03. The van der Waals surface area contributed by atoms with Crippen LogP contribution in [-0.4, -0.2) is 31.7 Å². The Morgan fingerprint density at radius 2 is 1.88 bits per heavy atom. The zero-order valence-corrected chi connectivity index (χ0v) is 12.6. The number of carbonyl (C=O) groups is 2. The van der Waals surface area contributed by atoms with E-state index >= 15 is 0 Å². The number of hydrogen-bond donors (Lipinski definition) is 2. The van der Waals surface area contributed by atoms with Gasteiger partial charge < -0.3 is 10.4 Å². The predicted octanol–water partition coefficient (Wildman–Crippen LogP) is 2.15. The number of carbonyl (C=O) groups excluding carboxylic acids is 1. The Labute approximate surface area is 137 Å². The van der Waals surface area contributed by atoms with Gasteiger partial charge in [-0.1, -0.05) is 18.2 Å². The first-order valence-electron chi connectivity index (χ1n) is 7.20. The summed E-state index contributed by atoms with van der Waals surface area (Å²) in [6.07, 6.45) is 4.77. The van der Waals surface area contributed by atoms with Gasteiger partial charge in [-0.15, -0.1) is 0 Å². The fraction of sp³-hybridized carbons (Fsp3) is 0.0588. The van der Waals surface area contributed by atoms with E-state index in [1.807, 2.05) is 30.3 Å². The van der Waals surface area contributed by atoms with Gasteiger partial charge in [-0.05, 0) is 29.8 Å². The van der Waals surface area contributed by atoms with Crippen LogP contribution in [0.5, 0.6) is 0 Å². The molecular formula is C17H14N4O3. The molecule has 120 valence electrons. The van der Waals surface area contributed by atoms with Crippen LogP contribution in [0, 0.1) is 0 Å². The van der Waals surface area contributed by atoms with E-state index in [0.29, 0.717) is 5.82 Å². The Kier molecular flexibility index (Phi) is 4.33. The SMILES string of the molecule is O=C(Cc1cnn(-c2ccccc2)c1)Nc1ccc(C(=O)O)cn1. The van der Waals surface area contributed by atoms with Crippen molar-refractivity contribution in [1.29, 1.82) is 0 Å². The van der Waals surface area contributed by atoms with E-state index in [-0.39, 0.29) is 17.9 Å². The van der Waals surface area contributed by atoms with Gasteiger partial charge >= 0.3 is 5.97 Å². The third kappa shape index (κ3) is 3.64. The lowest BCUT2D eigenvalue weighted by Crippen LogP contribution is -2.15. The molecule has 0 fully saturated rings. The van der Waals surface area contributed by atoms with E-state index in [4.69, 9.17) is 5.11 Å². The van der Waals surface area contributed by atoms with E-state index in [2.05, 4.69) is 15.4 Å². The van der Waals surface area contributed by atoms with E-state index in [1.54, 1.807) is 17.1 Å². The first-order valence-corrected chi connectivity index (χ1v) is 7.20. The summed E-state index contributed by atoms with van der Waals surface area (Å²) in [5.41, 5.74) is 1.74. The van der Waals surface area contributed by atoms with Crippen LogP contribution >= 0.6 is 0 Å². The van der Waals surface area contributed by atoms with Gasteiger partial charge in [0.05, 0.1) is 23.9 Å². The van der Waals surface area contributed by atoms with E-state index in [0.717, 1.165) is 11.3 Å². The molecule has 3 rings (SSSR count). The number of carboxylic acids is 1. The van der Waals surface area contributed by atoms with Gasteiger partial charge in [0, 0.05) is 12.4 Å². The average molecular weight is 322 g/mol. The molecule has 0 aliphatic carbocycles. The number of anilines is 1. The molecule has 0 atom stereocenters. The Morgan fingerprint density at radius 1 is 1.08 bits per heavy atom. The van der Waals surface area contributed by atoms with Gasteiger partial charge in [-0.2, -0.15) is 5.10 Å². The summed E-state index contributed by atoms with van der Waals surface area (Å²) in [5, 5.41) is 15.7. The standard InChI is InChI=1S/C17H14N4O3/c22-16(20-15-7-6-13(10-18-15)17(23)24)8-12-9-19-21(11-12)14-4-2-1-3-5-14/h1-7,9-11H,8H2,(H,23,24)(H,18,20,22). The second kappa shape index (κ2) is 6.74. The molecule has 7 nitrogen and oxygen atoms in total. The second-order valence-electron chi connectivity index (χ2n) is 5.09. The highest BCUT2D eigenvalue weighted by Gasteiger charge is 2.09. The summed E-state index contributed by atoms with van der Waals surface area (Å²) in [6.45, 7) is 0. The zero-order valence-electron chi connectivity index (χ0n) is 12.6. The number of aromatic nitrogens is 3. The second-order valence-corrected chi connectivity index (χ2v) is 5.09. The lowest BCUT2D eigenvalue weighted by molar-refractivity contribution is -0.115. The Balaban J connectivity index is 1.63. The maximum absolute atomic E-state index is 12.0. The summed E-state index contributed by atoms with van der Waals surface area (Å²) < 4.78 is 1.70. The Bertz CT molecular complexity index is 857. The molecule has 0 aliphatic heterocycles. The molecule has 24 heavy (non-hydrogen) atoms. The zero-order chi connectivity index (χ0) is 16.9. The average Bonchev–Trinajstić information content (AvgIpc) is 3.04. The van der Waals surface area contributed by atoms with Crippen LogP contribution in [0.4, 0.5) is 5.82 Å². The van der Waals surface area contributed by atoms with Crippen molar-refractivity contribution < 1.29 is 14.7 Å². The first kappa shape index (κ1) is 15.4. The van der Waals surface area contributed by atoms with E-state index < -0.39 is 5.97 Å². The number of nitrogens with one attached hydrogen (secondary N) is 1. The van der Waals surface area contributed by atoms with Crippen molar-refractivity contribution >= 4 is 17.7 Å². The molecule has 2 aromatic heterocycles. The summed E-state index contributed by atoms with van der Waals surface area (Å²) >= 11 is 0. The molecule has 0 bridgehead atoms. The Morgan fingerprint density at radius 3 is 2.54 bits per heavy atom. The van der Waals surface area contributed by atoms with E-state index in [9.17, 15) is 9.59 Å². The summed E-state index contributed by atoms with van der Waals surface area (Å²) in [5.74, 6) is -1.01. The van der Waals surface area contributed by atoms with E-state index in [1.165, 1.54) is 18.3 Å². The topological polar surface area (TPSA) is 97.1 Å². The molecule has 0 saturated carbocycles. The number of benzene rings is 1. The number of pyridine rings is 1. The normalized spacial score (nSPS) is 10.3. The maximum Gasteiger partial charge on any atom is 0.337 e. The van der Waals surface area contributed by atoms with Gasteiger partial charge in [0.1, 0.15) is 5.82 Å². The molecular weight excluding hydrogens is 308 g/mol. The molecule has 0 saturated heterocycles. The third-order valence-electron chi connectivity index (χ3n) is 3.30. The van der Waals surface area contributed by atoms with Gasteiger partial charge in [-0.3, -0.25) is 4.79 Å².